The predicted molar refractivity (Wildman–Crippen MR) is 80.4 cm³/mol. The van der Waals surface area contributed by atoms with Gasteiger partial charge in [-0.25, -0.2) is 0 Å². The van der Waals surface area contributed by atoms with Crippen LogP contribution in [0.1, 0.15) is 25.6 Å². The van der Waals surface area contributed by atoms with Crippen molar-refractivity contribution in [3.05, 3.63) is 26.9 Å². The summed E-state index contributed by atoms with van der Waals surface area (Å²) in [6.07, 6.45) is 1.81. The van der Waals surface area contributed by atoms with Gasteiger partial charge in [0.25, 0.3) is 0 Å². The van der Waals surface area contributed by atoms with Crippen molar-refractivity contribution in [2.24, 2.45) is 16.6 Å². The molecule has 4 nitrogen and oxygen atoms in total. The number of halogens is 2. The molecule has 0 fully saturated rings. The molecule has 0 aromatic carbocycles. The molecule has 6 heteroatoms. The number of rotatable bonds is 3. The van der Waals surface area contributed by atoms with Crippen LogP contribution in [0.25, 0.3) is 0 Å². The van der Waals surface area contributed by atoms with E-state index in [9.17, 15) is 0 Å². The van der Waals surface area contributed by atoms with Crippen molar-refractivity contribution >= 4 is 37.8 Å². The van der Waals surface area contributed by atoms with Crippen LogP contribution in [0.15, 0.2) is 26.2 Å². The van der Waals surface area contributed by atoms with Crippen LogP contribution in [0.2, 0.25) is 0 Å². The molecule has 18 heavy (non-hydrogen) atoms. The SMILES string of the molecule is CC(C)CN1C(N)=NCC1c1ncc(Br)cc1Br. The minimum atomic E-state index is 0.134. The lowest BCUT2D eigenvalue weighted by Crippen LogP contribution is -2.38. The van der Waals surface area contributed by atoms with Crippen LogP contribution in [0.4, 0.5) is 0 Å². The van der Waals surface area contributed by atoms with Gasteiger partial charge in [-0.15, -0.1) is 0 Å². The molecule has 0 saturated heterocycles. The summed E-state index contributed by atoms with van der Waals surface area (Å²) in [6, 6.07) is 2.14. The van der Waals surface area contributed by atoms with E-state index < -0.39 is 0 Å². The summed E-state index contributed by atoms with van der Waals surface area (Å²) in [5.41, 5.74) is 6.95. The monoisotopic (exact) mass is 374 g/mol. The van der Waals surface area contributed by atoms with Gasteiger partial charge in [0, 0.05) is 21.7 Å². The molecular formula is C12H16Br2N4. The first-order valence-corrected chi connectivity index (χ1v) is 7.45. The molecule has 2 rings (SSSR count). The average molecular weight is 376 g/mol. The maximum absolute atomic E-state index is 5.96. The third-order valence-electron chi connectivity index (χ3n) is 2.81. The van der Waals surface area contributed by atoms with Gasteiger partial charge in [-0.05, 0) is 43.8 Å². The average Bonchev–Trinajstić information content (AvgIpc) is 2.60. The van der Waals surface area contributed by atoms with E-state index in [1.54, 1.807) is 0 Å². The second-order valence-electron chi connectivity index (χ2n) is 4.78. The van der Waals surface area contributed by atoms with Crippen molar-refractivity contribution in [1.29, 1.82) is 0 Å². The maximum atomic E-state index is 5.96. The van der Waals surface area contributed by atoms with Crippen LogP contribution in [0.5, 0.6) is 0 Å². The predicted octanol–water partition coefficient (Wildman–Crippen LogP) is 2.93. The Morgan fingerprint density at radius 1 is 1.50 bits per heavy atom. The van der Waals surface area contributed by atoms with Crippen molar-refractivity contribution in [2.45, 2.75) is 19.9 Å². The second kappa shape index (κ2) is 5.57. The minimum Gasteiger partial charge on any atom is -0.370 e. The Morgan fingerprint density at radius 3 is 2.83 bits per heavy atom. The van der Waals surface area contributed by atoms with Gasteiger partial charge in [-0.3, -0.25) is 9.98 Å². The Morgan fingerprint density at radius 2 is 2.22 bits per heavy atom. The smallest absolute Gasteiger partial charge is 0.191 e. The molecule has 0 bridgehead atoms. The molecule has 0 amide bonds. The van der Waals surface area contributed by atoms with E-state index in [0.717, 1.165) is 21.2 Å². The van der Waals surface area contributed by atoms with E-state index in [-0.39, 0.29) is 6.04 Å². The summed E-state index contributed by atoms with van der Waals surface area (Å²) in [5.74, 6) is 1.15. The molecule has 0 aliphatic carbocycles. The molecule has 2 N–H and O–H groups in total. The van der Waals surface area contributed by atoms with Crippen LogP contribution in [0, 0.1) is 5.92 Å². The van der Waals surface area contributed by atoms with E-state index in [0.29, 0.717) is 18.4 Å². The highest BCUT2D eigenvalue weighted by Crippen LogP contribution is 2.31. The summed E-state index contributed by atoms with van der Waals surface area (Å²) < 4.78 is 1.95. The van der Waals surface area contributed by atoms with Crippen LogP contribution >= 0.6 is 31.9 Å². The lowest BCUT2D eigenvalue weighted by atomic mass is 10.1. The third kappa shape index (κ3) is 2.85. The summed E-state index contributed by atoms with van der Waals surface area (Å²) in [4.78, 5) is 11.0. The minimum absolute atomic E-state index is 0.134. The normalized spacial score (nSPS) is 19.5. The Balaban J connectivity index is 2.27. The molecule has 98 valence electrons. The zero-order valence-corrected chi connectivity index (χ0v) is 13.6. The quantitative estimate of drug-likeness (QED) is 0.883. The number of aromatic nitrogens is 1. The van der Waals surface area contributed by atoms with Gasteiger partial charge in [-0.2, -0.15) is 0 Å². The van der Waals surface area contributed by atoms with E-state index in [2.05, 4.69) is 60.6 Å². The second-order valence-corrected chi connectivity index (χ2v) is 6.55. The van der Waals surface area contributed by atoms with E-state index in [1.165, 1.54) is 0 Å². The van der Waals surface area contributed by atoms with Crippen molar-refractivity contribution in [3.63, 3.8) is 0 Å². The maximum Gasteiger partial charge on any atom is 0.191 e. The standard InChI is InChI=1S/C12H16Br2N4/c1-7(2)6-18-10(5-17-12(18)15)11-9(14)3-8(13)4-16-11/h3-4,7,10H,5-6H2,1-2H3,(H2,15,17). The van der Waals surface area contributed by atoms with Gasteiger partial charge >= 0.3 is 0 Å². The molecule has 0 saturated carbocycles. The topological polar surface area (TPSA) is 54.5 Å². The number of nitrogens with zero attached hydrogens (tertiary/aromatic N) is 3. The largest absolute Gasteiger partial charge is 0.370 e. The fourth-order valence-corrected chi connectivity index (χ4v) is 3.30. The molecule has 0 radical (unpaired) electrons. The first-order chi connectivity index (χ1) is 8.49. The molecule has 1 aliphatic heterocycles. The Bertz CT molecular complexity index is 473. The van der Waals surface area contributed by atoms with Gasteiger partial charge in [0.05, 0.1) is 18.3 Å². The molecule has 2 heterocycles. The summed E-state index contributed by atoms with van der Waals surface area (Å²) >= 11 is 6.97. The highest BCUT2D eigenvalue weighted by atomic mass is 79.9. The van der Waals surface area contributed by atoms with Crippen LogP contribution in [0.3, 0.4) is 0 Å². The summed E-state index contributed by atoms with van der Waals surface area (Å²) in [6.45, 7) is 5.91. The van der Waals surface area contributed by atoms with Crippen molar-refractivity contribution in [1.82, 2.24) is 9.88 Å². The van der Waals surface area contributed by atoms with Crippen LogP contribution in [-0.2, 0) is 0 Å². The number of aliphatic imine (C=N–C) groups is 1. The molecule has 1 atom stereocenters. The van der Waals surface area contributed by atoms with Crippen molar-refractivity contribution in [3.8, 4) is 0 Å². The van der Waals surface area contributed by atoms with Gasteiger partial charge < -0.3 is 10.6 Å². The highest BCUT2D eigenvalue weighted by molar-refractivity contribution is 9.11. The Kier molecular flexibility index (Phi) is 4.27. The number of nitrogens with two attached hydrogens (primary N) is 1. The number of hydrogen-bond donors (Lipinski definition) is 1. The van der Waals surface area contributed by atoms with Crippen LogP contribution in [-0.4, -0.2) is 28.9 Å². The molecule has 1 aromatic heterocycles. The van der Waals surface area contributed by atoms with E-state index in [4.69, 9.17) is 5.73 Å². The van der Waals surface area contributed by atoms with Gasteiger partial charge in [-0.1, -0.05) is 13.8 Å². The van der Waals surface area contributed by atoms with Gasteiger partial charge in [0.1, 0.15) is 0 Å². The van der Waals surface area contributed by atoms with Gasteiger partial charge in [0.2, 0.25) is 0 Å². The fraction of sp³-hybridized carbons (Fsp3) is 0.500. The van der Waals surface area contributed by atoms with Crippen molar-refractivity contribution in [2.75, 3.05) is 13.1 Å². The lowest BCUT2D eigenvalue weighted by molar-refractivity contribution is 0.304. The Hall–Kier alpha value is -0.620. The fourth-order valence-electron chi connectivity index (χ4n) is 2.05. The van der Waals surface area contributed by atoms with Crippen LogP contribution < -0.4 is 5.73 Å². The number of hydrogen-bond acceptors (Lipinski definition) is 4. The molecule has 0 spiro atoms. The molecular weight excluding hydrogens is 360 g/mol. The Labute approximate surface area is 124 Å². The molecule has 1 aliphatic rings. The van der Waals surface area contributed by atoms with Crippen molar-refractivity contribution < 1.29 is 0 Å². The third-order valence-corrected chi connectivity index (χ3v) is 3.88. The molecule has 1 aromatic rings. The lowest BCUT2D eigenvalue weighted by Gasteiger charge is -2.28. The van der Waals surface area contributed by atoms with Gasteiger partial charge in [0.15, 0.2) is 5.96 Å². The van der Waals surface area contributed by atoms with E-state index >= 15 is 0 Å². The summed E-state index contributed by atoms with van der Waals surface area (Å²) in [5, 5.41) is 0. The first kappa shape index (κ1) is 13.8. The molecule has 1 unspecified atom stereocenters. The number of pyridine rings is 1. The summed E-state index contributed by atoms with van der Waals surface area (Å²) in [7, 11) is 0. The zero-order chi connectivity index (χ0) is 13.3. The number of guanidine groups is 1. The highest BCUT2D eigenvalue weighted by Gasteiger charge is 2.30. The van der Waals surface area contributed by atoms with E-state index in [1.807, 2.05) is 12.3 Å². The zero-order valence-electron chi connectivity index (χ0n) is 10.4. The first-order valence-electron chi connectivity index (χ1n) is 5.86.